The van der Waals surface area contributed by atoms with E-state index in [2.05, 4.69) is 36.9 Å². The van der Waals surface area contributed by atoms with Gasteiger partial charge in [-0.25, -0.2) is 0 Å². The molecule has 0 bridgehead atoms. The number of carboxylic acids is 1. The van der Waals surface area contributed by atoms with E-state index in [1.807, 2.05) is 0 Å². The summed E-state index contributed by atoms with van der Waals surface area (Å²) in [5, 5.41) is 9.70. The van der Waals surface area contributed by atoms with Crippen LogP contribution in [0, 0.1) is 0 Å². The highest BCUT2D eigenvalue weighted by atomic mass is 16.4. The number of carboxylic acid groups (broad SMARTS) is 1. The molecule has 1 aliphatic carbocycles. The monoisotopic (exact) mass is 273 g/mol. The van der Waals surface area contributed by atoms with Crippen molar-refractivity contribution >= 4 is 5.97 Å². The Morgan fingerprint density at radius 2 is 1.85 bits per heavy atom. The van der Waals surface area contributed by atoms with Gasteiger partial charge in [-0.1, -0.05) is 31.0 Å². The van der Waals surface area contributed by atoms with Crippen LogP contribution in [0.5, 0.6) is 0 Å². The number of hydrogen-bond acceptors (Lipinski definition) is 2. The zero-order valence-electron chi connectivity index (χ0n) is 12.4. The fourth-order valence-electron chi connectivity index (χ4n) is 3.69. The summed E-state index contributed by atoms with van der Waals surface area (Å²) in [5.74, 6) is -0.645. The molecule has 1 heterocycles. The summed E-state index contributed by atoms with van der Waals surface area (Å²) in [6.07, 6.45) is 3.63. The maximum atomic E-state index is 11.8. The van der Waals surface area contributed by atoms with Crippen molar-refractivity contribution in [3.8, 4) is 0 Å². The Labute approximate surface area is 120 Å². The van der Waals surface area contributed by atoms with E-state index < -0.39 is 11.4 Å². The highest BCUT2D eigenvalue weighted by Crippen LogP contribution is 2.42. The molecule has 1 aromatic rings. The summed E-state index contributed by atoms with van der Waals surface area (Å²) in [6.45, 7) is 6.37. The molecule has 3 rings (SSSR count). The van der Waals surface area contributed by atoms with Crippen LogP contribution in [0.2, 0.25) is 0 Å². The lowest BCUT2D eigenvalue weighted by atomic mass is 9.78. The van der Waals surface area contributed by atoms with E-state index >= 15 is 0 Å². The fourth-order valence-corrected chi connectivity index (χ4v) is 3.69. The molecular weight excluding hydrogens is 250 g/mol. The molecule has 0 saturated heterocycles. The van der Waals surface area contributed by atoms with Gasteiger partial charge >= 0.3 is 5.97 Å². The second-order valence-electron chi connectivity index (χ2n) is 6.58. The van der Waals surface area contributed by atoms with Gasteiger partial charge in [-0.15, -0.1) is 0 Å². The SMILES string of the molecule is CC(C)N1Cc2ccc(C3(C(=O)O)CCCC3)cc2C1. The highest BCUT2D eigenvalue weighted by molar-refractivity contribution is 5.82. The molecule has 3 nitrogen and oxygen atoms in total. The van der Waals surface area contributed by atoms with Crippen LogP contribution >= 0.6 is 0 Å². The number of carbonyl (C=O) groups is 1. The maximum Gasteiger partial charge on any atom is 0.314 e. The van der Waals surface area contributed by atoms with Gasteiger partial charge in [-0.3, -0.25) is 9.69 Å². The first kappa shape index (κ1) is 13.6. The molecule has 1 aliphatic heterocycles. The Morgan fingerprint density at radius 3 is 2.45 bits per heavy atom. The lowest BCUT2D eigenvalue weighted by molar-refractivity contribution is -0.143. The molecule has 0 spiro atoms. The molecule has 0 atom stereocenters. The summed E-state index contributed by atoms with van der Waals surface area (Å²) < 4.78 is 0. The zero-order valence-corrected chi connectivity index (χ0v) is 12.4. The van der Waals surface area contributed by atoms with E-state index in [0.29, 0.717) is 6.04 Å². The molecular formula is C17H23NO2. The molecule has 3 heteroatoms. The van der Waals surface area contributed by atoms with Crippen molar-refractivity contribution in [2.75, 3.05) is 0 Å². The van der Waals surface area contributed by atoms with E-state index in [1.165, 1.54) is 11.1 Å². The molecule has 1 N–H and O–H groups in total. The molecule has 0 unspecified atom stereocenters. The molecule has 2 aliphatic rings. The van der Waals surface area contributed by atoms with Crippen molar-refractivity contribution in [1.29, 1.82) is 0 Å². The first-order chi connectivity index (χ1) is 9.53. The lowest BCUT2D eigenvalue weighted by Crippen LogP contribution is -2.32. The van der Waals surface area contributed by atoms with Crippen LogP contribution in [0.1, 0.15) is 56.2 Å². The van der Waals surface area contributed by atoms with Gasteiger partial charge in [0.05, 0.1) is 5.41 Å². The third-order valence-electron chi connectivity index (χ3n) is 5.10. The first-order valence-corrected chi connectivity index (χ1v) is 7.63. The quantitative estimate of drug-likeness (QED) is 0.918. The number of benzene rings is 1. The second kappa shape index (κ2) is 4.88. The Kier molecular flexibility index (Phi) is 3.33. The highest BCUT2D eigenvalue weighted by Gasteiger charge is 2.43. The van der Waals surface area contributed by atoms with Gasteiger partial charge in [0, 0.05) is 19.1 Å². The topological polar surface area (TPSA) is 40.5 Å². The van der Waals surface area contributed by atoms with Gasteiger partial charge in [-0.2, -0.15) is 0 Å². The van der Waals surface area contributed by atoms with E-state index in [1.54, 1.807) is 0 Å². The Balaban J connectivity index is 1.94. The van der Waals surface area contributed by atoms with Crippen LogP contribution in [-0.4, -0.2) is 22.0 Å². The standard InChI is InChI=1S/C17H23NO2/c1-12(2)18-10-13-5-6-15(9-14(13)11-18)17(16(19)20)7-3-4-8-17/h5-6,9,12H,3-4,7-8,10-11H2,1-2H3,(H,19,20). The fraction of sp³-hybridized carbons (Fsp3) is 0.588. The Bertz CT molecular complexity index is 530. The van der Waals surface area contributed by atoms with Crippen LogP contribution in [-0.2, 0) is 23.3 Å². The van der Waals surface area contributed by atoms with Gasteiger partial charge in [-0.05, 0) is 43.4 Å². The van der Waals surface area contributed by atoms with E-state index in [0.717, 1.165) is 44.3 Å². The van der Waals surface area contributed by atoms with Crippen molar-refractivity contribution in [2.24, 2.45) is 0 Å². The van der Waals surface area contributed by atoms with Crippen molar-refractivity contribution in [3.05, 3.63) is 34.9 Å². The lowest BCUT2D eigenvalue weighted by Gasteiger charge is -2.25. The van der Waals surface area contributed by atoms with Crippen LogP contribution in [0.25, 0.3) is 0 Å². The van der Waals surface area contributed by atoms with Gasteiger partial charge in [0.15, 0.2) is 0 Å². The molecule has 1 fully saturated rings. The van der Waals surface area contributed by atoms with E-state index in [-0.39, 0.29) is 0 Å². The van der Waals surface area contributed by atoms with Gasteiger partial charge in [0.25, 0.3) is 0 Å². The number of rotatable bonds is 3. The average Bonchev–Trinajstić information content (AvgIpc) is 3.05. The smallest absolute Gasteiger partial charge is 0.314 e. The maximum absolute atomic E-state index is 11.8. The number of fused-ring (bicyclic) bond motifs is 1. The minimum Gasteiger partial charge on any atom is -0.481 e. The van der Waals surface area contributed by atoms with E-state index in [4.69, 9.17) is 0 Å². The minimum absolute atomic E-state index is 0.533. The summed E-state index contributed by atoms with van der Waals surface area (Å²) in [5.41, 5.74) is 3.08. The molecule has 20 heavy (non-hydrogen) atoms. The number of nitrogens with zero attached hydrogens (tertiary/aromatic N) is 1. The van der Waals surface area contributed by atoms with Crippen LogP contribution in [0.15, 0.2) is 18.2 Å². The van der Waals surface area contributed by atoms with E-state index in [9.17, 15) is 9.90 Å². The van der Waals surface area contributed by atoms with Crippen LogP contribution in [0.3, 0.4) is 0 Å². The second-order valence-corrected chi connectivity index (χ2v) is 6.58. The predicted molar refractivity (Wildman–Crippen MR) is 78.6 cm³/mol. The third-order valence-corrected chi connectivity index (χ3v) is 5.10. The van der Waals surface area contributed by atoms with Crippen molar-refractivity contribution in [2.45, 2.75) is 64.1 Å². The Morgan fingerprint density at radius 1 is 1.20 bits per heavy atom. The molecule has 1 aromatic carbocycles. The number of hydrogen-bond donors (Lipinski definition) is 1. The zero-order chi connectivity index (χ0) is 14.3. The van der Waals surface area contributed by atoms with Crippen molar-refractivity contribution in [1.82, 2.24) is 4.90 Å². The average molecular weight is 273 g/mol. The van der Waals surface area contributed by atoms with Crippen LogP contribution in [0.4, 0.5) is 0 Å². The largest absolute Gasteiger partial charge is 0.481 e. The summed E-state index contributed by atoms with van der Waals surface area (Å²) >= 11 is 0. The van der Waals surface area contributed by atoms with Crippen molar-refractivity contribution in [3.63, 3.8) is 0 Å². The normalized spacial score (nSPS) is 21.4. The molecule has 108 valence electrons. The Hall–Kier alpha value is -1.35. The van der Waals surface area contributed by atoms with Crippen LogP contribution < -0.4 is 0 Å². The number of aliphatic carboxylic acids is 1. The first-order valence-electron chi connectivity index (χ1n) is 7.63. The summed E-state index contributed by atoms with van der Waals surface area (Å²) in [7, 11) is 0. The van der Waals surface area contributed by atoms with Gasteiger partial charge in [0.2, 0.25) is 0 Å². The minimum atomic E-state index is -0.645. The molecule has 0 amide bonds. The third kappa shape index (κ3) is 2.05. The van der Waals surface area contributed by atoms with Crippen molar-refractivity contribution < 1.29 is 9.90 Å². The van der Waals surface area contributed by atoms with Gasteiger partial charge in [0.1, 0.15) is 0 Å². The molecule has 0 radical (unpaired) electrons. The van der Waals surface area contributed by atoms with Gasteiger partial charge < -0.3 is 5.11 Å². The predicted octanol–water partition coefficient (Wildman–Crippen LogP) is 3.31. The molecule has 0 aromatic heterocycles. The summed E-state index contributed by atoms with van der Waals surface area (Å²) in [4.78, 5) is 14.2. The summed E-state index contributed by atoms with van der Waals surface area (Å²) in [6, 6.07) is 6.90. The molecule has 1 saturated carbocycles.